The molecule has 0 spiro atoms. The maximum absolute atomic E-state index is 13.2. The summed E-state index contributed by atoms with van der Waals surface area (Å²) in [5.74, 6) is -0.597. The first-order valence-corrected chi connectivity index (χ1v) is 10.1. The van der Waals surface area contributed by atoms with Crippen molar-refractivity contribution in [1.29, 1.82) is 0 Å². The van der Waals surface area contributed by atoms with Gasteiger partial charge in [0.2, 0.25) is 0 Å². The van der Waals surface area contributed by atoms with E-state index in [0.717, 1.165) is 0 Å². The van der Waals surface area contributed by atoms with Crippen molar-refractivity contribution in [2.75, 3.05) is 26.1 Å². The molecule has 3 aromatic rings. The van der Waals surface area contributed by atoms with Crippen molar-refractivity contribution >= 4 is 40.5 Å². The highest BCUT2D eigenvalue weighted by molar-refractivity contribution is 7.11. The molecular formula is C23H20FNO5S. The van der Waals surface area contributed by atoms with E-state index in [2.05, 4.69) is 5.32 Å². The third-order valence-electron chi connectivity index (χ3n) is 4.20. The van der Waals surface area contributed by atoms with Crippen molar-refractivity contribution in [3.8, 4) is 11.5 Å². The van der Waals surface area contributed by atoms with Gasteiger partial charge in [0.05, 0.1) is 25.5 Å². The minimum atomic E-state index is -0.667. The lowest BCUT2D eigenvalue weighted by molar-refractivity contribution is -0.141. The molecule has 0 aliphatic heterocycles. The first-order chi connectivity index (χ1) is 15.0. The van der Waals surface area contributed by atoms with E-state index in [-0.39, 0.29) is 11.4 Å². The number of carbonyl (C=O) groups is 2. The number of esters is 1. The zero-order valence-corrected chi connectivity index (χ0v) is 17.7. The van der Waals surface area contributed by atoms with E-state index in [9.17, 15) is 14.0 Å². The van der Waals surface area contributed by atoms with Crippen molar-refractivity contribution in [3.05, 3.63) is 76.2 Å². The number of amides is 1. The highest BCUT2D eigenvalue weighted by Crippen LogP contribution is 2.29. The molecule has 160 valence electrons. The second-order valence-electron chi connectivity index (χ2n) is 6.28. The van der Waals surface area contributed by atoms with Crippen LogP contribution in [0.15, 0.2) is 60.0 Å². The number of methoxy groups -OCH3 is 2. The molecular weight excluding hydrogens is 421 g/mol. The van der Waals surface area contributed by atoms with Crippen LogP contribution in [0.1, 0.15) is 10.4 Å². The van der Waals surface area contributed by atoms with Gasteiger partial charge in [0, 0.05) is 10.9 Å². The third kappa shape index (κ3) is 5.93. The second kappa shape index (κ2) is 10.4. The number of ether oxygens (including phenoxy) is 3. The Labute approximate surface area is 182 Å². The number of carbonyl (C=O) groups excluding carboxylic acids is 2. The molecule has 0 aliphatic carbocycles. The Morgan fingerprint density at radius 3 is 2.48 bits per heavy atom. The minimum absolute atomic E-state index is 0.272. The van der Waals surface area contributed by atoms with Gasteiger partial charge in [-0.25, -0.2) is 9.18 Å². The third-order valence-corrected chi connectivity index (χ3v) is 5.11. The van der Waals surface area contributed by atoms with E-state index in [1.54, 1.807) is 48.5 Å². The molecule has 0 saturated heterocycles. The Kier molecular flexibility index (Phi) is 7.40. The quantitative estimate of drug-likeness (QED) is 0.408. The van der Waals surface area contributed by atoms with Gasteiger partial charge in [-0.3, -0.25) is 4.79 Å². The SMILES string of the molecule is COc1ccc(OC)c(NC(=O)COC(=O)/C(=C/c2ccc(F)cc2)c2cccs2)c1. The van der Waals surface area contributed by atoms with E-state index >= 15 is 0 Å². The van der Waals surface area contributed by atoms with E-state index < -0.39 is 18.5 Å². The Morgan fingerprint density at radius 1 is 1.06 bits per heavy atom. The zero-order chi connectivity index (χ0) is 22.2. The van der Waals surface area contributed by atoms with Gasteiger partial charge in [0.1, 0.15) is 17.3 Å². The molecule has 2 aromatic carbocycles. The van der Waals surface area contributed by atoms with Crippen LogP contribution in [0.5, 0.6) is 11.5 Å². The van der Waals surface area contributed by atoms with Crippen molar-refractivity contribution in [2.24, 2.45) is 0 Å². The Hall–Kier alpha value is -3.65. The summed E-state index contributed by atoms with van der Waals surface area (Å²) in [6.45, 7) is -0.495. The standard InChI is InChI=1S/C23H20FNO5S/c1-28-17-9-10-20(29-2)19(13-17)25-22(26)14-30-23(27)18(21-4-3-11-31-21)12-15-5-7-16(24)8-6-15/h3-13H,14H2,1-2H3,(H,25,26)/b18-12+. The van der Waals surface area contributed by atoms with Crippen LogP contribution in [-0.2, 0) is 14.3 Å². The lowest BCUT2D eigenvalue weighted by Crippen LogP contribution is -2.21. The molecule has 0 saturated carbocycles. The molecule has 0 radical (unpaired) electrons. The number of rotatable bonds is 8. The predicted octanol–water partition coefficient (Wildman–Crippen LogP) is 4.63. The molecule has 0 bridgehead atoms. The molecule has 0 aliphatic rings. The molecule has 1 N–H and O–H groups in total. The Balaban J connectivity index is 1.71. The maximum Gasteiger partial charge on any atom is 0.340 e. The summed E-state index contributed by atoms with van der Waals surface area (Å²) in [5.41, 5.74) is 1.30. The maximum atomic E-state index is 13.2. The minimum Gasteiger partial charge on any atom is -0.497 e. The van der Waals surface area contributed by atoms with Gasteiger partial charge in [0.25, 0.3) is 5.91 Å². The molecule has 0 fully saturated rings. The molecule has 1 heterocycles. The topological polar surface area (TPSA) is 73.9 Å². The number of benzene rings is 2. The summed E-state index contributed by atoms with van der Waals surface area (Å²) in [7, 11) is 2.99. The first-order valence-electron chi connectivity index (χ1n) is 9.20. The van der Waals surface area contributed by atoms with Gasteiger partial charge in [-0.1, -0.05) is 18.2 Å². The summed E-state index contributed by atoms with van der Waals surface area (Å²) in [6.07, 6.45) is 1.59. The van der Waals surface area contributed by atoms with Gasteiger partial charge in [-0.15, -0.1) is 11.3 Å². The predicted molar refractivity (Wildman–Crippen MR) is 118 cm³/mol. The van der Waals surface area contributed by atoms with E-state index in [4.69, 9.17) is 14.2 Å². The van der Waals surface area contributed by atoms with E-state index in [1.165, 1.54) is 37.7 Å². The molecule has 1 amide bonds. The van der Waals surface area contributed by atoms with E-state index in [1.807, 2.05) is 5.38 Å². The summed E-state index contributed by atoms with van der Waals surface area (Å²) in [4.78, 5) is 25.7. The molecule has 0 atom stereocenters. The number of hydrogen-bond acceptors (Lipinski definition) is 6. The fourth-order valence-corrected chi connectivity index (χ4v) is 3.43. The molecule has 8 heteroatoms. The lowest BCUT2D eigenvalue weighted by Gasteiger charge is -2.12. The Morgan fingerprint density at radius 2 is 1.84 bits per heavy atom. The van der Waals surface area contributed by atoms with Crippen LogP contribution in [0.2, 0.25) is 0 Å². The average molecular weight is 441 g/mol. The van der Waals surface area contributed by atoms with Crippen LogP contribution >= 0.6 is 11.3 Å². The van der Waals surface area contributed by atoms with Crippen LogP contribution < -0.4 is 14.8 Å². The lowest BCUT2D eigenvalue weighted by atomic mass is 10.1. The van der Waals surface area contributed by atoms with Crippen molar-refractivity contribution < 1.29 is 28.2 Å². The van der Waals surface area contributed by atoms with Crippen LogP contribution in [0.25, 0.3) is 11.6 Å². The number of thiophene rings is 1. The number of halogens is 1. The molecule has 1 aromatic heterocycles. The number of hydrogen-bond donors (Lipinski definition) is 1. The first kappa shape index (κ1) is 22.0. The van der Waals surface area contributed by atoms with Crippen molar-refractivity contribution in [1.82, 2.24) is 0 Å². The smallest absolute Gasteiger partial charge is 0.340 e. The van der Waals surface area contributed by atoms with Gasteiger partial charge in [0.15, 0.2) is 6.61 Å². The largest absolute Gasteiger partial charge is 0.497 e. The van der Waals surface area contributed by atoms with Crippen LogP contribution in [0.4, 0.5) is 10.1 Å². The molecule has 3 rings (SSSR count). The number of anilines is 1. The fourth-order valence-electron chi connectivity index (χ4n) is 2.70. The van der Waals surface area contributed by atoms with Gasteiger partial charge in [-0.2, -0.15) is 0 Å². The van der Waals surface area contributed by atoms with Crippen molar-refractivity contribution in [2.45, 2.75) is 0 Å². The highest BCUT2D eigenvalue weighted by atomic mass is 32.1. The zero-order valence-electron chi connectivity index (χ0n) is 16.9. The van der Waals surface area contributed by atoms with E-state index in [0.29, 0.717) is 27.6 Å². The summed E-state index contributed by atoms with van der Waals surface area (Å²) >= 11 is 1.35. The molecule has 6 nitrogen and oxygen atoms in total. The summed E-state index contributed by atoms with van der Waals surface area (Å²) in [6, 6.07) is 14.2. The second-order valence-corrected chi connectivity index (χ2v) is 7.23. The van der Waals surface area contributed by atoms with Crippen LogP contribution in [-0.4, -0.2) is 32.7 Å². The van der Waals surface area contributed by atoms with Crippen LogP contribution in [0.3, 0.4) is 0 Å². The fraction of sp³-hybridized carbons (Fsp3) is 0.130. The highest BCUT2D eigenvalue weighted by Gasteiger charge is 2.17. The van der Waals surface area contributed by atoms with Crippen molar-refractivity contribution in [3.63, 3.8) is 0 Å². The molecule has 0 unspecified atom stereocenters. The van der Waals surface area contributed by atoms with Gasteiger partial charge in [-0.05, 0) is 47.4 Å². The number of nitrogens with one attached hydrogen (secondary N) is 1. The normalized spacial score (nSPS) is 11.0. The Bertz CT molecular complexity index is 1080. The van der Waals surface area contributed by atoms with Crippen LogP contribution in [0, 0.1) is 5.82 Å². The summed E-state index contributed by atoms with van der Waals surface area (Å²) < 4.78 is 28.8. The summed E-state index contributed by atoms with van der Waals surface area (Å²) in [5, 5.41) is 4.46. The van der Waals surface area contributed by atoms with Gasteiger partial charge < -0.3 is 19.5 Å². The monoisotopic (exact) mass is 441 g/mol. The average Bonchev–Trinajstić information content (AvgIpc) is 3.31. The van der Waals surface area contributed by atoms with Gasteiger partial charge >= 0.3 is 5.97 Å². The molecule has 31 heavy (non-hydrogen) atoms.